The molecule has 0 aliphatic heterocycles. The molecular formula is C24H18N2O2. The standard InChI is InChI=1S/C24H18N2O2/c1-25-23(24(27)28)14-8-9-19-15-17-22(18-16-19)26(20-10-4-2-5-11-20)21-12-6-3-7-13-21/h2-18H,(H,27,28). The van der Waals surface area contributed by atoms with Gasteiger partial charge in [-0.25, -0.2) is 4.85 Å². The van der Waals surface area contributed by atoms with Gasteiger partial charge in [-0.1, -0.05) is 60.7 Å². The molecule has 0 saturated carbocycles. The van der Waals surface area contributed by atoms with Crippen molar-refractivity contribution < 1.29 is 9.90 Å². The minimum atomic E-state index is -1.23. The van der Waals surface area contributed by atoms with E-state index >= 15 is 0 Å². The maximum absolute atomic E-state index is 10.8. The largest absolute Gasteiger partial charge is 0.486 e. The first-order chi connectivity index (χ1) is 13.7. The van der Waals surface area contributed by atoms with Gasteiger partial charge in [0.2, 0.25) is 0 Å². The van der Waals surface area contributed by atoms with E-state index in [1.54, 1.807) is 12.2 Å². The van der Waals surface area contributed by atoms with Gasteiger partial charge in [0.25, 0.3) is 5.70 Å². The third-order valence-corrected chi connectivity index (χ3v) is 4.06. The van der Waals surface area contributed by atoms with E-state index in [1.165, 1.54) is 6.08 Å². The molecule has 0 bridgehead atoms. The minimum Gasteiger partial charge on any atom is -0.486 e. The van der Waals surface area contributed by atoms with Crippen LogP contribution < -0.4 is 4.90 Å². The van der Waals surface area contributed by atoms with E-state index in [9.17, 15) is 4.79 Å². The zero-order valence-corrected chi connectivity index (χ0v) is 15.1. The first-order valence-electron chi connectivity index (χ1n) is 8.68. The van der Waals surface area contributed by atoms with Gasteiger partial charge >= 0.3 is 5.97 Å². The Kier molecular flexibility index (Phi) is 6.02. The zero-order valence-electron chi connectivity index (χ0n) is 15.1. The molecule has 0 aromatic heterocycles. The molecule has 3 aromatic carbocycles. The summed E-state index contributed by atoms with van der Waals surface area (Å²) < 4.78 is 0. The number of para-hydroxylation sites is 2. The first-order valence-corrected chi connectivity index (χ1v) is 8.68. The molecule has 3 rings (SSSR count). The second-order valence-corrected chi connectivity index (χ2v) is 5.93. The smallest absolute Gasteiger partial charge is 0.333 e. The fourth-order valence-corrected chi connectivity index (χ4v) is 2.74. The normalized spacial score (nSPS) is 11.2. The SMILES string of the molecule is [C-]#[N+]C(=CC=Cc1ccc(N(c2ccccc2)c2ccccc2)cc1)C(=O)O. The molecule has 0 aliphatic carbocycles. The van der Waals surface area contributed by atoms with Crippen LogP contribution in [0.25, 0.3) is 10.9 Å². The van der Waals surface area contributed by atoms with E-state index in [2.05, 4.69) is 34.0 Å². The van der Waals surface area contributed by atoms with Gasteiger partial charge in [0.15, 0.2) is 0 Å². The summed E-state index contributed by atoms with van der Waals surface area (Å²) in [7, 11) is 0. The summed E-state index contributed by atoms with van der Waals surface area (Å²) in [6.45, 7) is 6.85. The molecule has 0 saturated heterocycles. The van der Waals surface area contributed by atoms with E-state index in [1.807, 2.05) is 60.7 Å². The van der Waals surface area contributed by atoms with Crippen molar-refractivity contribution in [3.63, 3.8) is 0 Å². The number of hydrogen-bond acceptors (Lipinski definition) is 2. The predicted molar refractivity (Wildman–Crippen MR) is 112 cm³/mol. The number of carboxylic acids is 1. The van der Waals surface area contributed by atoms with E-state index in [0.29, 0.717) is 0 Å². The number of hydrogen-bond donors (Lipinski definition) is 1. The average Bonchev–Trinajstić information content (AvgIpc) is 2.74. The van der Waals surface area contributed by atoms with Crippen LogP contribution in [0.2, 0.25) is 0 Å². The Balaban J connectivity index is 1.89. The first kappa shape index (κ1) is 18.7. The van der Waals surface area contributed by atoms with Crippen molar-refractivity contribution in [2.75, 3.05) is 4.90 Å². The Labute approximate surface area is 164 Å². The van der Waals surface area contributed by atoms with Crippen LogP contribution >= 0.6 is 0 Å². The second kappa shape index (κ2) is 9.02. The monoisotopic (exact) mass is 366 g/mol. The highest BCUT2D eigenvalue weighted by Gasteiger charge is 2.11. The Hall–Kier alpha value is -4.10. The number of anilines is 3. The topological polar surface area (TPSA) is 44.9 Å². The summed E-state index contributed by atoms with van der Waals surface area (Å²) >= 11 is 0. The summed E-state index contributed by atoms with van der Waals surface area (Å²) in [6.07, 6.45) is 4.64. The lowest BCUT2D eigenvalue weighted by Crippen LogP contribution is -2.09. The van der Waals surface area contributed by atoms with Crippen molar-refractivity contribution in [1.82, 2.24) is 0 Å². The molecule has 136 valence electrons. The number of aliphatic carboxylic acids is 1. The predicted octanol–water partition coefficient (Wildman–Crippen LogP) is 6.06. The van der Waals surface area contributed by atoms with Gasteiger partial charge in [0.1, 0.15) is 0 Å². The Morgan fingerprint density at radius 1 is 0.821 bits per heavy atom. The summed E-state index contributed by atoms with van der Waals surface area (Å²) in [5.74, 6) is -1.23. The Morgan fingerprint density at radius 2 is 1.32 bits per heavy atom. The van der Waals surface area contributed by atoms with Crippen molar-refractivity contribution in [2.24, 2.45) is 0 Å². The third-order valence-electron chi connectivity index (χ3n) is 4.06. The molecule has 0 unspecified atom stereocenters. The number of benzene rings is 3. The summed E-state index contributed by atoms with van der Waals surface area (Å²) in [6, 6.07) is 28.2. The number of nitrogens with zero attached hydrogens (tertiary/aromatic N) is 2. The molecule has 28 heavy (non-hydrogen) atoms. The van der Waals surface area contributed by atoms with Gasteiger partial charge in [-0.2, -0.15) is 0 Å². The van der Waals surface area contributed by atoms with Crippen molar-refractivity contribution >= 4 is 29.1 Å². The van der Waals surface area contributed by atoms with Crippen LogP contribution in [0.5, 0.6) is 0 Å². The molecule has 0 radical (unpaired) electrons. The number of rotatable bonds is 6. The van der Waals surface area contributed by atoms with Crippen LogP contribution in [0, 0.1) is 6.57 Å². The molecule has 4 nitrogen and oxygen atoms in total. The molecule has 0 heterocycles. The molecule has 0 fully saturated rings. The summed E-state index contributed by atoms with van der Waals surface area (Å²) in [5.41, 5.74) is 3.73. The van der Waals surface area contributed by atoms with E-state index in [0.717, 1.165) is 22.6 Å². The fraction of sp³-hybridized carbons (Fsp3) is 0. The van der Waals surface area contributed by atoms with E-state index < -0.39 is 5.97 Å². The maximum atomic E-state index is 10.8. The van der Waals surface area contributed by atoms with Crippen LogP contribution in [-0.4, -0.2) is 11.1 Å². The molecular weight excluding hydrogens is 348 g/mol. The Bertz CT molecular complexity index is 992. The number of carboxylic acid groups (broad SMARTS) is 1. The van der Waals surface area contributed by atoms with Crippen molar-refractivity contribution in [2.45, 2.75) is 0 Å². The van der Waals surface area contributed by atoms with Gasteiger partial charge in [-0.05, 0) is 48.0 Å². The van der Waals surface area contributed by atoms with E-state index in [-0.39, 0.29) is 5.70 Å². The number of allylic oxidation sites excluding steroid dienone is 2. The highest BCUT2D eigenvalue weighted by atomic mass is 16.4. The molecule has 0 aliphatic rings. The molecule has 3 aromatic rings. The highest BCUT2D eigenvalue weighted by Crippen LogP contribution is 2.34. The molecule has 0 amide bonds. The van der Waals surface area contributed by atoms with Crippen molar-refractivity contribution in [3.05, 3.63) is 120 Å². The fourth-order valence-electron chi connectivity index (χ4n) is 2.74. The highest BCUT2D eigenvalue weighted by molar-refractivity contribution is 5.89. The number of carbonyl (C=O) groups is 1. The van der Waals surface area contributed by atoms with Crippen LogP contribution in [0.4, 0.5) is 17.1 Å². The van der Waals surface area contributed by atoms with Gasteiger partial charge < -0.3 is 10.0 Å². The quantitative estimate of drug-likeness (QED) is 0.328. The van der Waals surface area contributed by atoms with Crippen molar-refractivity contribution in [3.8, 4) is 0 Å². The zero-order chi connectivity index (χ0) is 19.8. The van der Waals surface area contributed by atoms with Gasteiger partial charge in [-0.15, -0.1) is 0 Å². The van der Waals surface area contributed by atoms with Crippen LogP contribution in [0.15, 0.2) is 103 Å². The van der Waals surface area contributed by atoms with Crippen molar-refractivity contribution in [1.29, 1.82) is 0 Å². The molecule has 1 N–H and O–H groups in total. The van der Waals surface area contributed by atoms with E-state index in [4.69, 9.17) is 11.7 Å². The Morgan fingerprint density at radius 3 is 1.79 bits per heavy atom. The summed E-state index contributed by atoms with van der Waals surface area (Å²) in [4.78, 5) is 16.0. The maximum Gasteiger partial charge on any atom is 0.333 e. The minimum absolute atomic E-state index is 0.313. The van der Waals surface area contributed by atoms with Gasteiger partial charge in [0.05, 0.1) is 6.57 Å². The molecule has 4 heteroatoms. The van der Waals surface area contributed by atoms with Crippen LogP contribution in [0.1, 0.15) is 5.56 Å². The van der Waals surface area contributed by atoms with Gasteiger partial charge in [-0.3, -0.25) is 4.79 Å². The lowest BCUT2D eigenvalue weighted by atomic mass is 10.1. The lowest BCUT2D eigenvalue weighted by molar-refractivity contribution is -0.132. The second-order valence-electron chi connectivity index (χ2n) is 5.93. The van der Waals surface area contributed by atoms with Crippen LogP contribution in [0.3, 0.4) is 0 Å². The average molecular weight is 366 g/mol. The third kappa shape index (κ3) is 4.54. The van der Waals surface area contributed by atoms with Gasteiger partial charge in [0, 0.05) is 17.1 Å². The molecule has 0 atom stereocenters. The van der Waals surface area contributed by atoms with Crippen LogP contribution in [-0.2, 0) is 4.79 Å². The molecule has 0 spiro atoms. The summed E-state index contributed by atoms with van der Waals surface area (Å²) in [5, 5.41) is 8.86. The lowest BCUT2D eigenvalue weighted by Gasteiger charge is -2.25.